The van der Waals surface area contributed by atoms with E-state index in [2.05, 4.69) is 6.08 Å². The molecule has 2 aliphatic rings. The summed E-state index contributed by atoms with van der Waals surface area (Å²) >= 11 is 0. The SMILES string of the molecule is OC1=CC=C2C=CCC=C2O1. The summed E-state index contributed by atoms with van der Waals surface area (Å²) in [5.41, 5.74) is 1.02. The Bertz CT molecular complexity index is 293. The highest BCUT2D eigenvalue weighted by atomic mass is 16.6. The van der Waals surface area contributed by atoms with Crippen LogP contribution in [-0.4, -0.2) is 5.11 Å². The zero-order valence-electron chi connectivity index (χ0n) is 5.95. The van der Waals surface area contributed by atoms with Crippen LogP contribution in [0.25, 0.3) is 0 Å². The Morgan fingerprint density at radius 2 is 2.27 bits per heavy atom. The van der Waals surface area contributed by atoms with Crippen LogP contribution in [0.1, 0.15) is 6.42 Å². The fourth-order valence-corrected chi connectivity index (χ4v) is 1.12. The summed E-state index contributed by atoms with van der Waals surface area (Å²) in [6.07, 6.45) is 10.2. The van der Waals surface area contributed by atoms with Crippen molar-refractivity contribution in [1.29, 1.82) is 0 Å². The predicted molar refractivity (Wildman–Crippen MR) is 41.7 cm³/mol. The number of hydrogen-bond donors (Lipinski definition) is 1. The minimum atomic E-state index is -0.0321. The van der Waals surface area contributed by atoms with Crippen LogP contribution in [-0.2, 0) is 4.74 Å². The number of aliphatic hydroxyl groups excluding tert-OH is 1. The normalized spacial score (nSPS) is 20.9. The minimum Gasteiger partial charge on any atom is -0.481 e. The van der Waals surface area contributed by atoms with Gasteiger partial charge in [0.25, 0.3) is 5.95 Å². The lowest BCUT2D eigenvalue weighted by atomic mass is 10.1. The molecule has 0 fully saturated rings. The smallest absolute Gasteiger partial charge is 0.282 e. The van der Waals surface area contributed by atoms with Gasteiger partial charge in [-0.1, -0.05) is 12.2 Å². The van der Waals surface area contributed by atoms with Gasteiger partial charge in [0.15, 0.2) is 0 Å². The van der Waals surface area contributed by atoms with Crippen molar-refractivity contribution in [2.75, 3.05) is 0 Å². The average Bonchev–Trinajstić information content (AvgIpc) is 2.04. The lowest BCUT2D eigenvalue weighted by Gasteiger charge is -2.15. The van der Waals surface area contributed by atoms with Crippen LogP contribution in [0.5, 0.6) is 0 Å². The molecule has 0 aromatic rings. The maximum atomic E-state index is 8.98. The predicted octanol–water partition coefficient (Wildman–Crippen LogP) is 2.19. The van der Waals surface area contributed by atoms with Crippen LogP contribution in [0.2, 0.25) is 0 Å². The third-order valence-electron chi connectivity index (χ3n) is 1.64. The second-order valence-corrected chi connectivity index (χ2v) is 2.44. The van der Waals surface area contributed by atoms with Gasteiger partial charge in [-0.15, -0.1) is 0 Å². The molecule has 0 radical (unpaired) electrons. The summed E-state index contributed by atoms with van der Waals surface area (Å²) < 4.78 is 5.05. The molecular formula is C9H8O2. The van der Waals surface area contributed by atoms with E-state index in [0.29, 0.717) is 0 Å². The van der Waals surface area contributed by atoms with E-state index < -0.39 is 0 Å². The summed E-state index contributed by atoms with van der Waals surface area (Å²) in [6, 6.07) is 0. The van der Waals surface area contributed by atoms with Crippen molar-refractivity contribution >= 4 is 0 Å². The van der Waals surface area contributed by atoms with E-state index in [1.54, 1.807) is 6.08 Å². The van der Waals surface area contributed by atoms with Crippen molar-refractivity contribution in [1.82, 2.24) is 0 Å². The van der Waals surface area contributed by atoms with Gasteiger partial charge in [-0.05, 0) is 18.6 Å². The molecule has 0 spiro atoms. The lowest BCUT2D eigenvalue weighted by molar-refractivity contribution is 0.148. The highest BCUT2D eigenvalue weighted by Crippen LogP contribution is 2.24. The highest BCUT2D eigenvalue weighted by Gasteiger charge is 2.11. The molecular weight excluding hydrogens is 140 g/mol. The molecule has 11 heavy (non-hydrogen) atoms. The molecule has 2 heteroatoms. The van der Waals surface area contributed by atoms with Gasteiger partial charge in [0.05, 0.1) is 0 Å². The second kappa shape index (κ2) is 2.31. The van der Waals surface area contributed by atoms with Gasteiger partial charge in [-0.2, -0.15) is 0 Å². The first-order valence-corrected chi connectivity index (χ1v) is 3.52. The molecule has 1 aliphatic heterocycles. The molecule has 0 unspecified atom stereocenters. The van der Waals surface area contributed by atoms with Crippen molar-refractivity contribution in [3.8, 4) is 0 Å². The van der Waals surface area contributed by atoms with Gasteiger partial charge in [-0.25, -0.2) is 0 Å². The maximum absolute atomic E-state index is 8.98. The quantitative estimate of drug-likeness (QED) is 0.570. The largest absolute Gasteiger partial charge is 0.481 e. The Morgan fingerprint density at radius 3 is 3.18 bits per heavy atom. The van der Waals surface area contributed by atoms with Crippen molar-refractivity contribution in [2.45, 2.75) is 6.42 Å². The third-order valence-corrected chi connectivity index (χ3v) is 1.64. The van der Waals surface area contributed by atoms with Crippen molar-refractivity contribution in [3.63, 3.8) is 0 Å². The molecule has 0 amide bonds. The lowest BCUT2D eigenvalue weighted by Crippen LogP contribution is -2.01. The average molecular weight is 148 g/mol. The molecule has 56 valence electrons. The Labute approximate surface area is 64.8 Å². The molecule has 0 aromatic heterocycles. The summed E-state index contributed by atoms with van der Waals surface area (Å²) in [7, 11) is 0. The van der Waals surface area contributed by atoms with Crippen molar-refractivity contribution in [3.05, 3.63) is 47.7 Å². The van der Waals surface area contributed by atoms with Crippen LogP contribution < -0.4 is 0 Å². The van der Waals surface area contributed by atoms with Crippen LogP contribution in [0, 0.1) is 0 Å². The van der Waals surface area contributed by atoms with Crippen LogP contribution in [0.4, 0.5) is 0 Å². The molecule has 2 nitrogen and oxygen atoms in total. The van der Waals surface area contributed by atoms with Gasteiger partial charge in [0, 0.05) is 11.6 Å². The number of rotatable bonds is 0. The third kappa shape index (κ3) is 1.07. The molecule has 0 saturated carbocycles. The number of hydrogen-bond acceptors (Lipinski definition) is 2. The van der Waals surface area contributed by atoms with Crippen LogP contribution >= 0.6 is 0 Å². The Hall–Kier alpha value is -1.44. The van der Waals surface area contributed by atoms with Crippen LogP contribution in [0.3, 0.4) is 0 Å². The highest BCUT2D eigenvalue weighted by molar-refractivity contribution is 5.44. The fourth-order valence-electron chi connectivity index (χ4n) is 1.12. The molecule has 1 aliphatic carbocycles. The standard InChI is InChI=1S/C9H8O2/c10-9-6-5-7-3-1-2-4-8(7)11-9/h1,3-6,10H,2H2. The molecule has 0 aromatic carbocycles. The molecule has 0 atom stereocenters. The summed E-state index contributed by atoms with van der Waals surface area (Å²) in [5, 5.41) is 8.98. The summed E-state index contributed by atoms with van der Waals surface area (Å²) in [5.74, 6) is 0.725. The Morgan fingerprint density at radius 1 is 1.36 bits per heavy atom. The van der Waals surface area contributed by atoms with Gasteiger partial charge in [0.2, 0.25) is 0 Å². The van der Waals surface area contributed by atoms with E-state index in [9.17, 15) is 0 Å². The molecule has 1 heterocycles. The van der Waals surface area contributed by atoms with E-state index in [0.717, 1.165) is 17.8 Å². The first kappa shape index (κ1) is 6.28. The number of aliphatic hydroxyl groups is 1. The first-order chi connectivity index (χ1) is 5.36. The number of allylic oxidation sites excluding steroid dienone is 5. The Balaban J connectivity index is 2.38. The van der Waals surface area contributed by atoms with E-state index >= 15 is 0 Å². The molecule has 1 N–H and O–H groups in total. The zero-order chi connectivity index (χ0) is 7.68. The van der Waals surface area contributed by atoms with Gasteiger partial charge >= 0.3 is 0 Å². The van der Waals surface area contributed by atoms with E-state index in [1.807, 2.05) is 18.2 Å². The van der Waals surface area contributed by atoms with Gasteiger partial charge < -0.3 is 9.84 Å². The number of fused-ring (bicyclic) bond motifs is 1. The molecule has 0 saturated heterocycles. The van der Waals surface area contributed by atoms with E-state index in [-0.39, 0.29) is 5.95 Å². The maximum Gasteiger partial charge on any atom is 0.282 e. The second-order valence-electron chi connectivity index (χ2n) is 2.44. The zero-order valence-corrected chi connectivity index (χ0v) is 5.95. The van der Waals surface area contributed by atoms with Crippen molar-refractivity contribution < 1.29 is 9.84 Å². The first-order valence-electron chi connectivity index (χ1n) is 3.52. The topological polar surface area (TPSA) is 29.5 Å². The summed E-state index contributed by atoms with van der Waals surface area (Å²) in [6.45, 7) is 0. The number of ether oxygens (including phenoxy) is 1. The summed E-state index contributed by atoms with van der Waals surface area (Å²) in [4.78, 5) is 0. The minimum absolute atomic E-state index is 0.0321. The van der Waals surface area contributed by atoms with Gasteiger partial charge in [0.1, 0.15) is 5.76 Å². The fraction of sp³-hybridized carbons (Fsp3) is 0.111. The monoisotopic (exact) mass is 148 g/mol. The molecule has 2 rings (SSSR count). The van der Waals surface area contributed by atoms with Gasteiger partial charge in [-0.3, -0.25) is 0 Å². The van der Waals surface area contributed by atoms with E-state index in [1.165, 1.54) is 0 Å². The molecule has 0 bridgehead atoms. The van der Waals surface area contributed by atoms with E-state index in [4.69, 9.17) is 9.84 Å². The van der Waals surface area contributed by atoms with Crippen molar-refractivity contribution in [2.24, 2.45) is 0 Å². The van der Waals surface area contributed by atoms with Crippen LogP contribution in [0.15, 0.2) is 47.7 Å². The Kier molecular flexibility index (Phi) is 1.32.